The summed E-state index contributed by atoms with van der Waals surface area (Å²) >= 11 is 0. The Kier molecular flexibility index (Phi) is 5.49. The first kappa shape index (κ1) is 20.5. The maximum absolute atomic E-state index is 14.3. The van der Waals surface area contributed by atoms with E-state index in [9.17, 15) is 17.6 Å². The molecule has 3 atom stereocenters. The molecule has 2 unspecified atom stereocenters. The van der Waals surface area contributed by atoms with E-state index < -0.39 is 30.3 Å². The molecule has 1 N–H and O–H groups in total. The molecule has 0 aromatic rings. The van der Waals surface area contributed by atoms with Crippen molar-refractivity contribution in [3.63, 3.8) is 0 Å². The van der Waals surface area contributed by atoms with Gasteiger partial charge in [0.25, 0.3) is 0 Å². The molecule has 0 aliphatic carbocycles. The van der Waals surface area contributed by atoms with Gasteiger partial charge in [0, 0.05) is 12.0 Å². The predicted octanol–water partition coefficient (Wildman–Crippen LogP) is 4.07. The zero-order valence-corrected chi connectivity index (χ0v) is 15.3. The van der Waals surface area contributed by atoms with Crippen molar-refractivity contribution in [3.8, 4) is 0 Å². The molecule has 1 saturated heterocycles. The van der Waals surface area contributed by atoms with Crippen molar-refractivity contribution >= 4 is 6.92 Å². The van der Waals surface area contributed by atoms with Gasteiger partial charge in [0.15, 0.2) is 12.3 Å². The van der Waals surface area contributed by atoms with Gasteiger partial charge in [0.05, 0.1) is 5.60 Å². The van der Waals surface area contributed by atoms with Crippen LogP contribution in [0, 0.1) is 5.41 Å². The molecule has 0 aromatic heterocycles. The van der Waals surface area contributed by atoms with Crippen LogP contribution >= 0.6 is 0 Å². The summed E-state index contributed by atoms with van der Waals surface area (Å²) in [6, 6.07) is 0. The maximum Gasteiger partial charge on any atom is 0.414 e. The van der Waals surface area contributed by atoms with Gasteiger partial charge in [-0.25, -0.2) is 4.39 Å². The molecule has 2 aliphatic heterocycles. The van der Waals surface area contributed by atoms with Crippen LogP contribution in [-0.4, -0.2) is 43.7 Å². The van der Waals surface area contributed by atoms with E-state index in [2.05, 4.69) is 25.7 Å². The van der Waals surface area contributed by atoms with E-state index in [-0.39, 0.29) is 18.9 Å². The summed E-state index contributed by atoms with van der Waals surface area (Å²) < 4.78 is 63.0. The molecular formula is C17H26BF4NO2. The first-order chi connectivity index (χ1) is 11.3. The fourth-order valence-electron chi connectivity index (χ4n) is 2.98. The van der Waals surface area contributed by atoms with Crippen LogP contribution in [0.1, 0.15) is 34.6 Å². The molecule has 2 aliphatic rings. The summed E-state index contributed by atoms with van der Waals surface area (Å²) in [6.45, 7) is 12.9. The molecule has 8 heteroatoms. The van der Waals surface area contributed by atoms with Crippen LogP contribution < -0.4 is 5.32 Å². The Labute approximate surface area is 146 Å². The molecule has 2 heterocycles. The molecule has 3 nitrogen and oxygen atoms in total. The maximum atomic E-state index is 14.3. The average molecular weight is 363 g/mol. The van der Waals surface area contributed by atoms with Gasteiger partial charge < -0.3 is 9.39 Å². The van der Waals surface area contributed by atoms with Gasteiger partial charge in [-0.1, -0.05) is 37.5 Å². The van der Waals surface area contributed by atoms with E-state index in [1.807, 2.05) is 13.8 Å². The molecule has 0 bridgehead atoms. The topological polar surface area (TPSA) is 30.5 Å². The lowest BCUT2D eigenvalue weighted by molar-refractivity contribution is -0.234. The van der Waals surface area contributed by atoms with Crippen molar-refractivity contribution in [2.24, 2.45) is 5.41 Å². The Hall–Kier alpha value is -0.855. The molecule has 0 spiro atoms. The van der Waals surface area contributed by atoms with Crippen molar-refractivity contribution in [2.75, 3.05) is 6.54 Å². The Morgan fingerprint density at radius 2 is 1.96 bits per heavy atom. The van der Waals surface area contributed by atoms with E-state index in [0.717, 1.165) is 12.5 Å². The van der Waals surface area contributed by atoms with Gasteiger partial charge in [-0.15, -0.1) is 0 Å². The van der Waals surface area contributed by atoms with Crippen molar-refractivity contribution in [3.05, 3.63) is 23.7 Å². The van der Waals surface area contributed by atoms with Crippen LogP contribution in [0.2, 0.25) is 6.32 Å². The van der Waals surface area contributed by atoms with Crippen LogP contribution in [0.25, 0.3) is 0 Å². The summed E-state index contributed by atoms with van der Waals surface area (Å²) in [5.74, 6) is 0. The highest BCUT2D eigenvalue weighted by atomic mass is 19.4. The fraction of sp³-hybridized carbons (Fsp3) is 0.765. The van der Waals surface area contributed by atoms with Crippen LogP contribution in [0.4, 0.5) is 17.6 Å². The minimum absolute atomic E-state index is 0.212. The van der Waals surface area contributed by atoms with E-state index in [1.54, 1.807) is 0 Å². The zero-order chi connectivity index (χ0) is 19.2. The lowest BCUT2D eigenvalue weighted by Crippen LogP contribution is -2.55. The standard InChI is InChI=1S/C17H26BF4NO2/c1-10-8-18(25-16(5,6)15(10,3)4)12-7-13(19)14(23-9-12)24-11(2)17(20,21)22/h7,11,13-14,23H,1,8-9H2,2-6H3/t11-,13?,14?/m1/s1. The van der Waals surface area contributed by atoms with E-state index in [1.165, 1.54) is 6.08 Å². The van der Waals surface area contributed by atoms with Crippen molar-refractivity contribution in [1.29, 1.82) is 0 Å². The Balaban J connectivity index is 2.08. The normalized spacial score (nSPS) is 30.8. The minimum atomic E-state index is -4.52. The highest BCUT2D eigenvalue weighted by molar-refractivity contribution is 6.61. The van der Waals surface area contributed by atoms with E-state index in [0.29, 0.717) is 11.8 Å². The van der Waals surface area contributed by atoms with Crippen molar-refractivity contribution in [1.82, 2.24) is 5.32 Å². The zero-order valence-electron chi connectivity index (χ0n) is 15.3. The van der Waals surface area contributed by atoms with Gasteiger partial charge in [0.1, 0.15) is 6.23 Å². The lowest BCUT2D eigenvalue weighted by atomic mass is 9.48. The average Bonchev–Trinajstić information content (AvgIpc) is 2.45. The SMILES string of the molecule is C=C1CB(C2=CC(F)C(O[C@H](C)C(F)(F)F)NC2)OC(C)(C)C1(C)C. The number of nitrogens with one attached hydrogen (secondary N) is 1. The van der Waals surface area contributed by atoms with Crippen molar-refractivity contribution < 1.29 is 27.0 Å². The third kappa shape index (κ3) is 4.12. The minimum Gasteiger partial charge on any atom is -0.425 e. The molecule has 2 rings (SSSR count). The van der Waals surface area contributed by atoms with Crippen LogP contribution in [0.15, 0.2) is 23.7 Å². The monoisotopic (exact) mass is 363 g/mol. The number of hydrogen-bond acceptors (Lipinski definition) is 3. The Bertz CT molecular complexity index is 559. The highest BCUT2D eigenvalue weighted by Gasteiger charge is 2.49. The molecule has 142 valence electrons. The third-order valence-electron chi connectivity index (χ3n) is 5.65. The van der Waals surface area contributed by atoms with E-state index in [4.69, 9.17) is 9.39 Å². The molecule has 0 saturated carbocycles. The quantitative estimate of drug-likeness (QED) is 0.466. The summed E-state index contributed by atoms with van der Waals surface area (Å²) in [5, 5.41) is 2.71. The fourth-order valence-corrected chi connectivity index (χ4v) is 2.98. The van der Waals surface area contributed by atoms with Gasteiger partial charge in [-0.3, -0.25) is 5.32 Å². The predicted molar refractivity (Wildman–Crippen MR) is 90.0 cm³/mol. The molecular weight excluding hydrogens is 337 g/mol. The highest BCUT2D eigenvalue weighted by Crippen LogP contribution is 2.47. The number of alkyl halides is 4. The Morgan fingerprint density at radius 1 is 1.36 bits per heavy atom. The summed E-state index contributed by atoms with van der Waals surface area (Å²) in [5.41, 5.74) is 0.971. The summed E-state index contributed by atoms with van der Waals surface area (Å²) in [4.78, 5) is 0. The number of halogens is 4. The van der Waals surface area contributed by atoms with Crippen molar-refractivity contribution in [2.45, 2.75) is 71.2 Å². The first-order valence-corrected chi connectivity index (χ1v) is 8.42. The smallest absolute Gasteiger partial charge is 0.414 e. The van der Waals surface area contributed by atoms with Gasteiger partial charge in [-0.2, -0.15) is 13.2 Å². The summed E-state index contributed by atoms with van der Waals surface area (Å²) in [7, 11) is 0. The molecule has 0 radical (unpaired) electrons. The van der Waals surface area contributed by atoms with Crippen LogP contribution in [0.3, 0.4) is 0 Å². The molecule has 0 aromatic carbocycles. The second kappa shape index (κ2) is 6.70. The third-order valence-corrected chi connectivity index (χ3v) is 5.65. The van der Waals surface area contributed by atoms with Gasteiger partial charge in [-0.05, 0) is 27.1 Å². The van der Waals surface area contributed by atoms with Crippen LogP contribution in [0.5, 0.6) is 0 Å². The van der Waals surface area contributed by atoms with E-state index >= 15 is 0 Å². The van der Waals surface area contributed by atoms with Gasteiger partial charge in [0.2, 0.25) is 0 Å². The Morgan fingerprint density at radius 3 is 2.44 bits per heavy atom. The molecule has 0 amide bonds. The number of rotatable bonds is 3. The molecule has 25 heavy (non-hydrogen) atoms. The number of ether oxygens (including phenoxy) is 1. The first-order valence-electron chi connectivity index (χ1n) is 8.42. The second-order valence-electron chi connectivity index (χ2n) is 7.86. The second-order valence-corrected chi connectivity index (χ2v) is 7.86. The number of hydrogen-bond donors (Lipinski definition) is 1. The lowest BCUT2D eigenvalue weighted by Gasteiger charge is -2.50. The summed E-state index contributed by atoms with van der Waals surface area (Å²) in [6.07, 6.45) is -7.69. The van der Waals surface area contributed by atoms with Gasteiger partial charge >= 0.3 is 13.1 Å². The van der Waals surface area contributed by atoms with Crippen LogP contribution in [-0.2, 0) is 9.39 Å². The molecule has 1 fully saturated rings. The largest absolute Gasteiger partial charge is 0.425 e.